The van der Waals surface area contributed by atoms with Crippen LogP contribution in [-0.4, -0.2) is 21.2 Å². The van der Waals surface area contributed by atoms with Gasteiger partial charge in [-0.05, 0) is 94.1 Å². The van der Waals surface area contributed by atoms with Gasteiger partial charge in [-0.1, -0.05) is 41.6 Å². The molecule has 4 aromatic rings. The van der Waals surface area contributed by atoms with Crippen LogP contribution in [0.1, 0.15) is 16.7 Å². The molecule has 168 valence electrons. The third kappa shape index (κ3) is 5.08. The maximum Gasteiger partial charge on any atom is 0.266 e. The van der Waals surface area contributed by atoms with E-state index in [1.807, 2.05) is 69.3 Å². The molecule has 4 rings (SSSR count). The second-order valence-corrected chi connectivity index (χ2v) is 10.4. The van der Waals surface area contributed by atoms with Crippen LogP contribution in [0.5, 0.6) is 0 Å². The zero-order chi connectivity index (χ0) is 23.7. The molecule has 33 heavy (non-hydrogen) atoms. The first-order valence-corrected chi connectivity index (χ1v) is 12.8. The van der Waals surface area contributed by atoms with E-state index in [2.05, 4.69) is 37.2 Å². The van der Waals surface area contributed by atoms with Crippen LogP contribution in [0.3, 0.4) is 0 Å². The van der Waals surface area contributed by atoms with Gasteiger partial charge in [-0.2, -0.15) is 0 Å². The molecule has 0 saturated carbocycles. The number of rotatable bonds is 5. The first-order chi connectivity index (χ1) is 15.7. The molecule has 0 unspecified atom stereocenters. The summed E-state index contributed by atoms with van der Waals surface area (Å²) in [7, 11) is 0. The summed E-state index contributed by atoms with van der Waals surface area (Å²) in [6, 6.07) is 17.1. The van der Waals surface area contributed by atoms with Gasteiger partial charge in [0.2, 0.25) is 5.91 Å². The summed E-state index contributed by atoms with van der Waals surface area (Å²) in [4.78, 5) is 31.0. The van der Waals surface area contributed by atoms with Crippen molar-refractivity contribution in [1.82, 2.24) is 9.55 Å². The number of hydrogen-bond donors (Lipinski definition) is 1. The number of halogens is 2. The number of nitrogens with zero attached hydrogens (tertiary/aromatic N) is 2. The maximum absolute atomic E-state index is 13.4. The number of aryl methyl sites for hydroxylation is 3. The van der Waals surface area contributed by atoms with Gasteiger partial charge in [0.05, 0.1) is 28.0 Å². The zero-order valence-electron chi connectivity index (χ0n) is 18.3. The van der Waals surface area contributed by atoms with Crippen molar-refractivity contribution in [3.8, 4) is 5.69 Å². The number of amides is 1. The van der Waals surface area contributed by atoms with Gasteiger partial charge in [0, 0.05) is 8.95 Å². The molecule has 1 amide bonds. The minimum Gasteiger partial charge on any atom is -0.323 e. The van der Waals surface area contributed by atoms with Crippen LogP contribution in [0.2, 0.25) is 0 Å². The van der Waals surface area contributed by atoms with E-state index in [4.69, 9.17) is 4.98 Å². The van der Waals surface area contributed by atoms with Crippen molar-refractivity contribution in [2.75, 3.05) is 11.1 Å². The fraction of sp³-hybridized carbons (Fsp3) is 0.160. The van der Waals surface area contributed by atoms with Gasteiger partial charge in [0.1, 0.15) is 0 Å². The number of thioether (sulfide) groups is 1. The molecule has 1 heterocycles. The molecule has 0 bridgehead atoms. The molecular weight excluding hydrogens is 566 g/mol. The number of hydrogen-bond acceptors (Lipinski definition) is 4. The van der Waals surface area contributed by atoms with E-state index in [1.54, 1.807) is 10.6 Å². The molecule has 0 radical (unpaired) electrons. The third-order valence-electron chi connectivity index (χ3n) is 5.12. The summed E-state index contributed by atoms with van der Waals surface area (Å²) in [5, 5.41) is 3.95. The Morgan fingerprint density at radius 3 is 2.39 bits per heavy atom. The normalized spacial score (nSPS) is 11.1. The number of fused-ring (bicyclic) bond motifs is 1. The van der Waals surface area contributed by atoms with Crippen molar-refractivity contribution in [2.45, 2.75) is 25.9 Å². The first kappa shape index (κ1) is 23.7. The summed E-state index contributed by atoms with van der Waals surface area (Å²) in [6.07, 6.45) is 0. The molecule has 8 heteroatoms. The molecule has 0 fully saturated rings. The quantitative estimate of drug-likeness (QED) is 0.212. The largest absolute Gasteiger partial charge is 0.323 e. The van der Waals surface area contributed by atoms with Crippen LogP contribution < -0.4 is 10.9 Å². The molecule has 3 aromatic carbocycles. The Bertz CT molecular complexity index is 1430. The van der Waals surface area contributed by atoms with Gasteiger partial charge >= 0.3 is 0 Å². The first-order valence-electron chi connectivity index (χ1n) is 10.2. The fourth-order valence-electron chi connectivity index (χ4n) is 3.60. The lowest BCUT2D eigenvalue weighted by Crippen LogP contribution is -2.23. The van der Waals surface area contributed by atoms with Crippen molar-refractivity contribution >= 4 is 66.1 Å². The van der Waals surface area contributed by atoms with E-state index in [0.717, 1.165) is 31.3 Å². The zero-order valence-corrected chi connectivity index (χ0v) is 22.3. The highest BCUT2D eigenvalue weighted by molar-refractivity contribution is 9.11. The van der Waals surface area contributed by atoms with E-state index >= 15 is 0 Å². The monoisotopic (exact) mass is 585 g/mol. The number of carbonyl (C=O) groups excluding carboxylic acids is 1. The maximum atomic E-state index is 13.4. The number of anilines is 1. The lowest BCUT2D eigenvalue weighted by molar-refractivity contribution is -0.113. The number of carbonyl (C=O) groups is 1. The highest BCUT2D eigenvalue weighted by atomic mass is 79.9. The second-order valence-electron chi connectivity index (χ2n) is 7.78. The Morgan fingerprint density at radius 2 is 1.70 bits per heavy atom. The molecule has 0 aliphatic carbocycles. The topological polar surface area (TPSA) is 64.0 Å². The Hall–Kier alpha value is -2.42. The van der Waals surface area contributed by atoms with Gasteiger partial charge in [0.15, 0.2) is 5.16 Å². The fourth-order valence-corrected chi connectivity index (χ4v) is 6.02. The number of benzene rings is 3. The van der Waals surface area contributed by atoms with Crippen LogP contribution in [0, 0.1) is 20.8 Å². The van der Waals surface area contributed by atoms with E-state index < -0.39 is 0 Å². The molecular formula is C25H21Br2N3O2S. The summed E-state index contributed by atoms with van der Waals surface area (Å²) in [5.41, 5.74) is 5.03. The molecule has 1 aromatic heterocycles. The van der Waals surface area contributed by atoms with Crippen LogP contribution >= 0.6 is 43.6 Å². The molecule has 0 atom stereocenters. The van der Waals surface area contributed by atoms with E-state index in [1.165, 1.54) is 11.8 Å². The van der Waals surface area contributed by atoms with Gasteiger partial charge < -0.3 is 5.32 Å². The predicted molar refractivity (Wildman–Crippen MR) is 143 cm³/mol. The van der Waals surface area contributed by atoms with Crippen molar-refractivity contribution in [2.24, 2.45) is 0 Å². The average Bonchev–Trinajstić information content (AvgIpc) is 2.76. The summed E-state index contributed by atoms with van der Waals surface area (Å²) < 4.78 is 3.19. The summed E-state index contributed by atoms with van der Waals surface area (Å²) in [5.74, 6) is -0.0949. The van der Waals surface area contributed by atoms with Crippen LogP contribution in [0.15, 0.2) is 73.5 Å². The van der Waals surface area contributed by atoms with Crippen molar-refractivity contribution in [3.63, 3.8) is 0 Å². The molecule has 0 aliphatic heterocycles. The highest BCUT2D eigenvalue weighted by Crippen LogP contribution is 2.32. The van der Waals surface area contributed by atoms with Crippen molar-refractivity contribution in [1.29, 1.82) is 0 Å². The number of nitrogens with one attached hydrogen (secondary N) is 1. The lowest BCUT2D eigenvalue weighted by Gasteiger charge is -2.16. The molecule has 5 nitrogen and oxygen atoms in total. The number of aromatic nitrogens is 2. The number of para-hydroxylation sites is 1. The predicted octanol–water partition coefficient (Wildman–Crippen LogP) is 6.57. The highest BCUT2D eigenvalue weighted by Gasteiger charge is 2.17. The SMILES string of the molecule is Cc1ccc(-n2c(SCC(=O)Nc3c(Br)cc(C)cc3Br)nc3ccccc3c2=O)c(C)c1. The second kappa shape index (κ2) is 9.83. The Morgan fingerprint density at radius 1 is 1.00 bits per heavy atom. The summed E-state index contributed by atoms with van der Waals surface area (Å²) in [6.45, 7) is 5.96. The van der Waals surface area contributed by atoms with Gasteiger partial charge in [-0.25, -0.2) is 4.98 Å². The Labute approximate surface area is 212 Å². The van der Waals surface area contributed by atoms with E-state index in [-0.39, 0.29) is 17.2 Å². The molecule has 0 spiro atoms. The van der Waals surface area contributed by atoms with Crippen LogP contribution in [0.4, 0.5) is 5.69 Å². The van der Waals surface area contributed by atoms with Crippen LogP contribution in [-0.2, 0) is 4.79 Å². The van der Waals surface area contributed by atoms with E-state index in [0.29, 0.717) is 21.7 Å². The van der Waals surface area contributed by atoms with E-state index in [9.17, 15) is 9.59 Å². The molecule has 1 N–H and O–H groups in total. The minimum atomic E-state index is -0.195. The van der Waals surface area contributed by atoms with Crippen LogP contribution in [0.25, 0.3) is 16.6 Å². The summed E-state index contributed by atoms with van der Waals surface area (Å²) >= 11 is 8.25. The third-order valence-corrected chi connectivity index (χ3v) is 7.31. The minimum absolute atomic E-state index is 0.0996. The molecule has 0 saturated heterocycles. The van der Waals surface area contributed by atoms with Gasteiger partial charge in [-0.3, -0.25) is 14.2 Å². The Balaban J connectivity index is 1.70. The van der Waals surface area contributed by atoms with Crippen molar-refractivity contribution in [3.05, 3.63) is 90.6 Å². The lowest BCUT2D eigenvalue weighted by atomic mass is 10.1. The molecule has 0 aliphatic rings. The smallest absolute Gasteiger partial charge is 0.266 e. The Kier molecular flexibility index (Phi) is 7.07. The van der Waals surface area contributed by atoms with Gasteiger partial charge in [0.25, 0.3) is 5.56 Å². The standard InChI is InChI=1S/C25H21Br2N3O2S/c1-14-8-9-21(16(3)10-14)30-24(32)17-6-4-5-7-20(17)28-25(30)33-13-22(31)29-23-18(26)11-15(2)12-19(23)27/h4-12H,13H2,1-3H3,(H,29,31). The van der Waals surface area contributed by atoms with Crippen molar-refractivity contribution < 1.29 is 4.79 Å². The van der Waals surface area contributed by atoms with Gasteiger partial charge in [-0.15, -0.1) is 0 Å². The average molecular weight is 587 g/mol.